The molecule has 1 aromatic rings. The van der Waals surface area contributed by atoms with Crippen molar-refractivity contribution < 1.29 is 9.21 Å². The quantitative estimate of drug-likeness (QED) is 0.803. The van der Waals surface area contributed by atoms with Crippen LogP contribution in [-0.2, 0) is 0 Å². The summed E-state index contributed by atoms with van der Waals surface area (Å²) in [5.74, 6) is 0.544. The van der Waals surface area contributed by atoms with Crippen molar-refractivity contribution in [3.63, 3.8) is 0 Å². The molecule has 2 fully saturated rings. The van der Waals surface area contributed by atoms with Gasteiger partial charge in [0.15, 0.2) is 5.76 Å². The minimum Gasteiger partial charge on any atom is -0.459 e. The van der Waals surface area contributed by atoms with Crippen molar-refractivity contribution in [2.45, 2.75) is 38.1 Å². The van der Waals surface area contributed by atoms with Gasteiger partial charge >= 0.3 is 0 Å². The van der Waals surface area contributed by atoms with Crippen LogP contribution in [0.5, 0.6) is 0 Å². The van der Waals surface area contributed by atoms with Crippen molar-refractivity contribution >= 4 is 5.91 Å². The zero-order valence-electron chi connectivity index (χ0n) is 12.8. The van der Waals surface area contributed by atoms with Gasteiger partial charge in [-0.15, -0.1) is 6.58 Å². The molecule has 2 aliphatic heterocycles. The van der Waals surface area contributed by atoms with Gasteiger partial charge in [0.05, 0.1) is 6.26 Å². The highest BCUT2D eigenvalue weighted by Gasteiger charge is 2.44. The maximum atomic E-state index is 12.7. The fourth-order valence-electron chi connectivity index (χ4n) is 3.92. The Kier molecular flexibility index (Phi) is 3.89. The first-order chi connectivity index (χ1) is 10.2. The molecule has 0 aromatic carbocycles. The Morgan fingerprint density at radius 3 is 2.86 bits per heavy atom. The summed E-state index contributed by atoms with van der Waals surface area (Å²) < 4.78 is 5.38. The van der Waals surface area contributed by atoms with Crippen LogP contribution >= 0.6 is 0 Å². The van der Waals surface area contributed by atoms with Crippen molar-refractivity contribution in [1.29, 1.82) is 0 Å². The van der Waals surface area contributed by atoms with Crippen molar-refractivity contribution in [3.05, 3.63) is 36.3 Å². The van der Waals surface area contributed by atoms with E-state index >= 15 is 0 Å². The van der Waals surface area contributed by atoms with Gasteiger partial charge in [-0.25, -0.2) is 0 Å². The van der Waals surface area contributed by atoms with Crippen LogP contribution in [0, 0.1) is 6.92 Å². The lowest BCUT2D eigenvalue weighted by atomic mass is 9.86. The lowest BCUT2D eigenvalue weighted by Gasteiger charge is -2.45. The van der Waals surface area contributed by atoms with E-state index in [-0.39, 0.29) is 11.4 Å². The van der Waals surface area contributed by atoms with Crippen molar-refractivity contribution in [2.75, 3.05) is 26.2 Å². The number of amides is 1. The highest BCUT2D eigenvalue weighted by Crippen LogP contribution is 2.37. The van der Waals surface area contributed by atoms with Crippen LogP contribution < -0.4 is 0 Å². The number of carbonyl (C=O) groups is 1. The van der Waals surface area contributed by atoms with Gasteiger partial charge in [-0.05, 0) is 45.2 Å². The van der Waals surface area contributed by atoms with Gasteiger partial charge < -0.3 is 9.32 Å². The minimum absolute atomic E-state index is 0.0435. The number of hydrogen-bond donors (Lipinski definition) is 0. The molecule has 1 atom stereocenters. The Morgan fingerprint density at radius 1 is 1.43 bits per heavy atom. The Labute approximate surface area is 126 Å². The molecule has 114 valence electrons. The molecule has 0 aliphatic carbocycles. The van der Waals surface area contributed by atoms with Gasteiger partial charge in [-0.2, -0.15) is 0 Å². The summed E-state index contributed by atoms with van der Waals surface area (Å²) in [7, 11) is 0. The van der Waals surface area contributed by atoms with Gasteiger partial charge in [0.1, 0.15) is 0 Å². The van der Waals surface area contributed by atoms with E-state index in [9.17, 15) is 4.79 Å². The molecule has 2 saturated heterocycles. The van der Waals surface area contributed by atoms with Gasteiger partial charge in [0, 0.05) is 30.7 Å². The Hall–Kier alpha value is -1.55. The van der Waals surface area contributed by atoms with Crippen molar-refractivity contribution in [2.24, 2.45) is 0 Å². The van der Waals surface area contributed by atoms with E-state index in [1.165, 1.54) is 19.3 Å². The Bertz CT molecular complexity index is 537. The molecule has 1 aromatic heterocycles. The molecule has 0 N–H and O–H groups in total. The number of aryl methyl sites for hydroxylation is 1. The van der Waals surface area contributed by atoms with E-state index in [1.54, 1.807) is 6.26 Å². The van der Waals surface area contributed by atoms with E-state index in [2.05, 4.69) is 11.5 Å². The van der Waals surface area contributed by atoms with Crippen molar-refractivity contribution in [1.82, 2.24) is 9.80 Å². The molecular formula is C17H24N2O2. The van der Waals surface area contributed by atoms with Gasteiger partial charge in [0.2, 0.25) is 0 Å². The second kappa shape index (κ2) is 5.68. The summed E-state index contributed by atoms with van der Waals surface area (Å²) in [6, 6.07) is 1.85. The topological polar surface area (TPSA) is 36.7 Å². The number of nitrogens with zero attached hydrogens (tertiary/aromatic N) is 2. The molecule has 0 bridgehead atoms. The normalized spacial score (nSPS) is 26.4. The summed E-state index contributed by atoms with van der Waals surface area (Å²) in [6.45, 7) is 9.49. The van der Waals surface area contributed by atoms with Gasteiger partial charge in [-0.1, -0.05) is 6.08 Å². The number of rotatable bonds is 3. The van der Waals surface area contributed by atoms with Crippen LogP contribution in [0.3, 0.4) is 0 Å². The van der Waals surface area contributed by atoms with E-state index in [4.69, 9.17) is 4.42 Å². The molecule has 4 nitrogen and oxygen atoms in total. The standard InChI is InChI=1S/C17H24N2O2/c1-3-9-19-11-5-8-17(19)7-4-10-18(13-17)16(20)15-14(2)6-12-21-15/h3,6,12H,1,4-5,7-11,13H2,2H3. The van der Waals surface area contributed by atoms with E-state index < -0.39 is 0 Å². The monoisotopic (exact) mass is 288 g/mol. The molecule has 3 heterocycles. The first-order valence-corrected chi connectivity index (χ1v) is 7.86. The van der Waals surface area contributed by atoms with Crippen LogP contribution in [0.15, 0.2) is 29.4 Å². The number of furan rings is 1. The number of carbonyl (C=O) groups excluding carboxylic acids is 1. The van der Waals surface area contributed by atoms with Crippen molar-refractivity contribution in [3.8, 4) is 0 Å². The van der Waals surface area contributed by atoms with Crippen LogP contribution in [0.1, 0.15) is 41.8 Å². The molecule has 1 unspecified atom stereocenters. The lowest BCUT2D eigenvalue weighted by Crippen LogP contribution is -2.56. The van der Waals surface area contributed by atoms with E-state index in [1.807, 2.05) is 24.0 Å². The zero-order chi connectivity index (χ0) is 14.9. The summed E-state index contributed by atoms with van der Waals surface area (Å²) in [5.41, 5.74) is 1.08. The average molecular weight is 288 g/mol. The largest absolute Gasteiger partial charge is 0.459 e. The van der Waals surface area contributed by atoms with Crippen LogP contribution in [0.2, 0.25) is 0 Å². The SMILES string of the molecule is C=CCN1CCCC12CCCN(C(=O)c1occc1C)C2. The fourth-order valence-corrected chi connectivity index (χ4v) is 3.92. The van der Waals surface area contributed by atoms with Crippen LogP contribution in [0.4, 0.5) is 0 Å². The summed E-state index contributed by atoms with van der Waals surface area (Å²) in [6.07, 6.45) is 8.23. The predicted molar refractivity (Wildman–Crippen MR) is 82.3 cm³/mol. The van der Waals surface area contributed by atoms with E-state index in [0.29, 0.717) is 5.76 Å². The highest BCUT2D eigenvalue weighted by atomic mass is 16.3. The molecule has 0 radical (unpaired) electrons. The minimum atomic E-state index is 0.0435. The van der Waals surface area contributed by atoms with Gasteiger partial charge in [-0.3, -0.25) is 9.69 Å². The first-order valence-electron chi connectivity index (χ1n) is 7.86. The number of likely N-dealkylation sites (tertiary alicyclic amines) is 2. The maximum absolute atomic E-state index is 12.7. The number of piperidine rings is 1. The molecule has 3 rings (SSSR count). The molecule has 21 heavy (non-hydrogen) atoms. The van der Waals surface area contributed by atoms with Crippen LogP contribution in [0.25, 0.3) is 0 Å². The maximum Gasteiger partial charge on any atom is 0.289 e. The zero-order valence-corrected chi connectivity index (χ0v) is 12.8. The molecule has 4 heteroatoms. The predicted octanol–water partition coefficient (Wildman–Crippen LogP) is 2.84. The summed E-state index contributed by atoms with van der Waals surface area (Å²) >= 11 is 0. The molecule has 0 saturated carbocycles. The third-order valence-corrected chi connectivity index (χ3v) is 4.99. The highest BCUT2D eigenvalue weighted by molar-refractivity contribution is 5.93. The van der Waals surface area contributed by atoms with E-state index in [0.717, 1.165) is 38.2 Å². The lowest BCUT2D eigenvalue weighted by molar-refractivity contribution is 0.0344. The third kappa shape index (κ3) is 2.53. The summed E-state index contributed by atoms with van der Waals surface area (Å²) in [4.78, 5) is 17.2. The smallest absolute Gasteiger partial charge is 0.289 e. The molecular weight excluding hydrogens is 264 g/mol. The second-order valence-corrected chi connectivity index (χ2v) is 6.33. The molecule has 2 aliphatic rings. The second-order valence-electron chi connectivity index (χ2n) is 6.33. The first kappa shape index (κ1) is 14.4. The summed E-state index contributed by atoms with van der Waals surface area (Å²) in [5, 5.41) is 0. The fraction of sp³-hybridized carbons (Fsp3) is 0.588. The average Bonchev–Trinajstić information content (AvgIpc) is 3.06. The van der Waals surface area contributed by atoms with Gasteiger partial charge in [0.25, 0.3) is 5.91 Å². The Balaban J connectivity index is 1.78. The third-order valence-electron chi connectivity index (χ3n) is 4.99. The van der Waals surface area contributed by atoms with Crippen LogP contribution in [-0.4, -0.2) is 47.4 Å². The Morgan fingerprint density at radius 2 is 2.19 bits per heavy atom. The molecule has 1 amide bonds. The number of hydrogen-bond acceptors (Lipinski definition) is 3. The molecule has 1 spiro atoms.